The van der Waals surface area contributed by atoms with Crippen LogP contribution in [0, 0.1) is 0 Å². The average molecular weight is 428 g/mol. The predicted molar refractivity (Wildman–Crippen MR) is 118 cm³/mol. The van der Waals surface area contributed by atoms with Crippen LogP contribution < -0.4 is 15.4 Å². The van der Waals surface area contributed by atoms with Crippen molar-refractivity contribution in [1.29, 1.82) is 0 Å². The highest BCUT2D eigenvalue weighted by molar-refractivity contribution is 6.06. The van der Waals surface area contributed by atoms with Crippen LogP contribution in [0.25, 0.3) is 11.6 Å². The molecule has 1 amide bonds. The summed E-state index contributed by atoms with van der Waals surface area (Å²) < 4.78 is 12.5. The van der Waals surface area contributed by atoms with Crippen molar-refractivity contribution in [2.24, 2.45) is 0 Å². The third kappa shape index (κ3) is 3.39. The van der Waals surface area contributed by atoms with Crippen molar-refractivity contribution in [3.05, 3.63) is 84.0 Å². The minimum absolute atomic E-state index is 0.283. The van der Waals surface area contributed by atoms with Crippen LogP contribution in [0.3, 0.4) is 0 Å². The molecule has 1 aliphatic rings. The molecule has 0 spiro atoms. The fraction of sp³-hybridized carbons (Fsp3) is 0.130. The Balaban J connectivity index is 1.59. The molecular weight excluding hydrogens is 408 g/mol. The number of nitrogens with zero attached hydrogens (tertiary/aromatic N) is 4. The summed E-state index contributed by atoms with van der Waals surface area (Å²) in [4.78, 5) is 22.3. The Labute approximate surface area is 183 Å². The molecule has 2 N–H and O–H groups in total. The highest BCUT2D eigenvalue weighted by atomic mass is 16.5. The molecule has 0 aliphatic carbocycles. The number of rotatable bonds is 5. The van der Waals surface area contributed by atoms with Crippen molar-refractivity contribution < 1.29 is 13.9 Å². The zero-order chi connectivity index (χ0) is 22.1. The summed E-state index contributed by atoms with van der Waals surface area (Å²) in [5.41, 5.74) is 2.53. The van der Waals surface area contributed by atoms with Crippen LogP contribution in [0.15, 0.2) is 82.9 Å². The molecule has 9 heteroatoms. The van der Waals surface area contributed by atoms with Crippen LogP contribution in [0.2, 0.25) is 0 Å². The maximum Gasteiger partial charge on any atom is 0.255 e. The fourth-order valence-corrected chi connectivity index (χ4v) is 3.74. The number of fused-ring (bicyclic) bond motifs is 1. The van der Waals surface area contributed by atoms with Crippen molar-refractivity contribution in [3.63, 3.8) is 0 Å². The van der Waals surface area contributed by atoms with E-state index in [0.717, 1.165) is 5.56 Å². The number of para-hydroxylation sites is 2. The Hall–Kier alpha value is -4.40. The second kappa shape index (κ2) is 8.03. The number of carbonyl (C=O) groups excluding carboxylic acids is 1. The van der Waals surface area contributed by atoms with E-state index in [4.69, 9.17) is 9.15 Å². The molecule has 0 fully saturated rings. The fourth-order valence-electron chi connectivity index (χ4n) is 3.74. The summed E-state index contributed by atoms with van der Waals surface area (Å²) in [5, 5.41) is 10.8. The number of benzene rings is 1. The van der Waals surface area contributed by atoms with Gasteiger partial charge in [-0.25, -0.2) is 4.68 Å². The molecule has 0 unspecified atom stereocenters. The Morgan fingerprint density at radius 3 is 2.81 bits per heavy atom. The van der Waals surface area contributed by atoms with Crippen molar-refractivity contribution in [3.8, 4) is 17.3 Å². The maximum absolute atomic E-state index is 13.5. The number of nitrogens with one attached hydrogen (secondary N) is 2. The first kappa shape index (κ1) is 19.6. The molecule has 0 saturated heterocycles. The lowest BCUT2D eigenvalue weighted by Gasteiger charge is -2.28. The van der Waals surface area contributed by atoms with Gasteiger partial charge >= 0.3 is 0 Å². The summed E-state index contributed by atoms with van der Waals surface area (Å²) in [5.74, 6) is 1.76. The summed E-state index contributed by atoms with van der Waals surface area (Å²) in [6.45, 7) is 1.84. The molecular formula is C23H20N6O3. The van der Waals surface area contributed by atoms with Gasteiger partial charge in [-0.1, -0.05) is 18.2 Å². The summed E-state index contributed by atoms with van der Waals surface area (Å²) >= 11 is 0. The number of anilines is 2. The summed E-state index contributed by atoms with van der Waals surface area (Å²) in [6.07, 6.45) is 4.97. The molecule has 1 aliphatic heterocycles. The van der Waals surface area contributed by atoms with Crippen LogP contribution in [-0.2, 0) is 4.79 Å². The summed E-state index contributed by atoms with van der Waals surface area (Å²) in [7, 11) is 1.56. The SMILES string of the molecule is COc1ccccc1NC(=O)C1=C(C)Nc2nc(-c3ccco3)nn2[C@H]1c1cccnc1. The number of carbonyl (C=O) groups is 1. The number of pyridine rings is 1. The summed E-state index contributed by atoms with van der Waals surface area (Å²) in [6, 6.07) is 14.0. The molecule has 3 aromatic heterocycles. The predicted octanol–water partition coefficient (Wildman–Crippen LogP) is 3.87. The minimum atomic E-state index is -0.536. The molecule has 32 heavy (non-hydrogen) atoms. The van der Waals surface area contributed by atoms with E-state index in [0.29, 0.717) is 40.2 Å². The van der Waals surface area contributed by atoms with Gasteiger partial charge in [0.15, 0.2) is 5.76 Å². The second-order valence-electron chi connectivity index (χ2n) is 7.19. The zero-order valence-corrected chi connectivity index (χ0v) is 17.4. The molecule has 0 radical (unpaired) electrons. The molecule has 4 aromatic rings. The Bertz CT molecular complexity index is 1290. The van der Waals surface area contributed by atoms with Crippen molar-refractivity contribution in [1.82, 2.24) is 19.7 Å². The third-order valence-electron chi connectivity index (χ3n) is 5.19. The maximum atomic E-state index is 13.5. The first-order chi connectivity index (χ1) is 15.7. The van der Waals surface area contributed by atoms with E-state index in [1.807, 2.05) is 31.2 Å². The molecule has 1 atom stereocenters. The van der Waals surface area contributed by atoms with E-state index in [1.165, 1.54) is 0 Å². The number of amides is 1. The first-order valence-electron chi connectivity index (χ1n) is 9.98. The number of furan rings is 1. The van der Waals surface area contributed by atoms with Gasteiger partial charge in [0.2, 0.25) is 11.8 Å². The van der Waals surface area contributed by atoms with Gasteiger partial charge in [0.1, 0.15) is 11.8 Å². The van der Waals surface area contributed by atoms with E-state index in [2.05, 4.69) is 25.7 Å². The Morgan fingerprint density at radius 1 is 1.19 bits per heavy atom. The minimum Gasteiger partial charge on any atom is -0.495 e. The van der Waals surface area contributed by atoms with Gasteiger partial charge < -0.3 is 19.8 Å². The van der Waals surface area contributed by atoms with Gasteiger partial charge in [-0.3, -0.25) is 9.78 Å². The molecule has 0 saturated carbocycles. The molecule has 4 heterocycles. The van der Waals surface area contributed by atoms with Crippen molar-refractivity contribution in [2.45, 2.75) is 13.0 Å². The Morgan fingerprint density at radius 2 is 2.06 bits per heavy atom. The molecule has 160 valence electrons. The van der Waals surface area contributed by atoms with Gasteiger partial charge in [0, 0.05) is 18.1 Å². The highest BCUT2D eigenvalue weighted by Crippen LogP contribution is 2.37. The lowest BCUT2D eigenvalue weighted by Crippen LogP contribution is -2.31. The van der Waals surface area contributed by atoms with Gasteiger partial charge in [-0.05, 0) is 42.8 Å². The van der Waals surface area contributed by atoms with Crippen LogP contribution in [0.4, 0.5) is 11.6 Å². The number of hydrogen-bond donors (Lipinski definition) is 2. The highest BCUT2D eigenvalue weighted by Gasteiger charge is 2.35. The standard InChI is InChI=1S/C23H20N6O3/c1-14-19(22(30)26-16-8-3-4-9-17(16)31-2)20(15-7-5-11-24-13-15)29-23(25-14)27-21(28-29)18-10-6-12-32-18/h3-13,20H,1-2H3,(H,26,30)(H,25,27,28)/t20-/m0/s1. The van der Waals surface area contributed by atoms with Gasteiger partial charge in [-0.2, -0.15) is 4.98 Å². The van der Waals surface area contributed by atoms with E-state index in [-0.39, 0.29) is 5.91 Å². The second-order valence-corrected chi connectivity index (χ2v) is 7.19. The largest absolute Gasteiger partial charge is 0.495 e. The third-order valence-corrected chi connectivity index (χ3v) is 5.19. The topological polar surface area (TPSA) is 107 Å². The van der Waals surface area contributed by atoms with Crippen LogP contribution in [0.1, 0.15) is 18.5 Å². The first-order valence-corrected chi connectivity index (χ1v) is 9.98. The van der Waals surface area contributed by atoms with Gasteiger partial charge in [0.25, 0.3) is 5.91 Å². The number of ether oxygens (including phenoxy) is 1. The Kier molecular flexibility index (Phi) is 4.91. The number of aromatic nitrogens is 4. The lowest BCUT2D eigenvalue weighted by atomic mass is 9.96. The van der Waals surface area contributed by atoms with E-state index in [9.17, 15) is 4.79 Å². The van der Waals surface area contributed by atoms with Gasteiger partial charge in [-0.15, -0.1) is 5.10 Å². The zero-order valence-electron chi connectivity index (χ0n) is 17.4. The van der Waals surface area contributed by atoms with Gasteiger partial charge in [0.05, 0.1) is 24.6 Å². The molecule has 0 bridgehead atoms. The number of allylic oxidation sites excluding steroid dienone is 1. The van der Waals surface area contributed by atoms with E-state index < -0.39 is 6.04 Å². The van der Waals surface area contributed by atoms with Crippen molar-refractivity contribution in [2.75, 3.05) is 17.7 Å². The molecule has 9 nitrogen and oxygen atoms in total. The quantitative estimate of drug-likeness (QED) is 0.497. The smallest absolute Gasteiger partial charge is 0.255 e. The van der Waals surface area contributed by atoms with Crippen LogP contribution >= 0.6 is 0 Å². The number of methoxy groups -OCH3 is 1. The molecule has 1 aromatic carbocycles. The monoisotopic (exact) mass is 428 g/mol. The van der Waals surface area contributed by atoms with Crippen molar-refractivity contribution >= 4 is 17.5 Å². The van der Waals surface area contributed by atoms with E-state index >= 15 is 0 Å². The normalized spacial score (nSPS) is 15.1. The van der Waals surface area contributed by atoms with Crippen LogP contribution in [0.5, 0.6) is 5.75 Å². The average Bonchev–Trinajstić information content (AvgIpc) is 3.49. The lowest BCUT2D eigenvalue weighted by molar-refractivity contribution is -0.113. The molecule has 5 rings (SSSR count). The van der Waals surface area contributed by atoms with E-state index in [1.54, 1.807) is 54.7 Å². The van der Waals surface area contributed by atoms with Crippen LogP contribution in [-0.4, -0.2) is 32.8 Å². The number of hydrogen-bond acceptors (Lipinski definition) is 7.